The van der Waals surface area contributed by atoms with Gasteiger partial charge in [-0.15, -0.1) is 0 Å². The Bertz CT molecular complexity index is 981. The van der Waals surface area contributed by atoms with Crippen molar-refractivity contribution >= 4 is 11.2 Å². The largest absolute Gasteiger partial charge is 0.332 e. The molecule has 21 heavy (non-hydrogen) atoms. The van der Waals surface area contributed by atoms with E-state index >= 15 is 0 Å². The van der Waals surface area contributed by atoms with Crippen LogP contribution < -0.4 is 11.2 Å². The smallest absolute Gasteiger partial charge is 0.321 e. The van der Waals surface area contributed by atoms with Gasteiger partial charge in [0.1, 0.15) is 11.6 Å². The fourth-order valence-corrected chi connectivity index (χ4v) is 2.40. The lowest BCUT2D eigenvalue weighted by molar-refractivity contribution is 0.628. The van der Waals surface area contributed by atoms with E-state index < -0.39 is 11.2 Å². The predicted octanol–water partition coefficient (Wildman–Crippen LogP) is 0.777. The maximum absolute atomic E-state index is 13.4. The van der Waals surface area contributed by atoms with Crippen LogP contribution in [0.4, 0.5) is 4.39 Å². The number of benzene rings is 1. The highest BCUT2D eigenvalue weighted by atomic mass is 19.1. The Morgan fingerprint density at radius 1 is 1.05 bits per heavy atom. The lowest BCUT2D eigenvalue weighted by Crippen LogP contribution is -2.37. The van der Waals surface area contributed by atoms with Gasteiger partial charge in [0.25, 0.3) is 5.56 Å². The number of fused-ring (bicyclic) bond motifs is 1. The van der Waals surface area contributed by atoms with Gasteiger partial charge in [0, 0.05) is 26.7 Å². The van der Waals surface area contributed by atoms with Crippen LogP contribution in [0.5, 0.6) is 0 Å². The van der Waals surface area contributed by atoms with Gasteiger partial charge < -0.3 is 4.57 Å². The summed E-state index contributed by atoms with van der Waals surface area (Å²) in [5.41, 5.74) is 0.258. The summed E-state index contributed by atoms with van der Waals surface area (Å²) in [5.74, 6) is 0.0455. The molecule has 108 valence electrons. The summed E-state index contributed by atoms with van der Waals surface area (Å²) in [6.45, 7) is 0. The average Bonchev–Trinajstić information content (AvgIpc) is 2.81. The minimum atomic E-state index is -0.448. The number of halogens is 1. The monoisotopic (exact) mass is 288 g/mol. The summed E-state index contributed by atoms with van der Waals surface area (Å²) < 4.78 is 17.3. The molecule has 0 saturated carbocycles. The van der Waals surface area contributed by atoms with Crippen molar-refractivity contribution in [3.63, 3.8) is 0 Å². The number of imidazole rings is 1. The number of aromatic nitrogens is 4. The zero-order valence-corrected chi connectivity index (χ0v) is 11.8. The van der Waals surface area contributed by atoms with Gasteiger partial charge in [0.2, 0.25) is 0 Å². The highest BCUT2D eigenvalue weighted by Crippen LogP contribution is 2.21. The predicted molar refractivity (Wildman–Crippen MR) is 76.6 cm³/mol. The van der Waals surface area contributed by atoms with Crippen LogP contribution in [0.2, 0.25) is 0 Å². The molecule has 0 N–H and O–H groups in total. The van der Waals surface area contributed by atoms with Crippen LogP contribution >= 0.6 is 0 Å². The number of hydrogen-bond donors (Lipinski definition) is 0. The molecule has 6 nitrogen and oxygen atoms in total. The first-order valence-electron chi connectivity index (χ1n) is 6.30. The van der Waals surface area contributed by atoms with Gasteiger partial charge in [-0.1, -0.05) is 12.1 Å². The number of nitrogens with zero attached hydrogens (tertiary/aromatic N) is 4. The van der Waals surface area contributed by atoms with E-state index in [1.807, 2.05) is 0 Å². The molecule has 3 aromatic rings. The first kappa shape index (κ1) is 13.3. The minimum Gasteiger partial charge on any atom is -0.321 e. The van der Waals surface area contributed by atoms with Gasteiger partial charge in [-0.3, -0.25) is 13.9 Å². The van der Waals surface area contributed by atoms with Crippen molar-refractivity contribution in [1.82, 2.24) is 18.7 Å². The van der Waals surface area contributed by atoms with Gasteiger partial charge in [-0.25, -0.2) is 14.2 Å². The van der Waals surface area contributed by atoms with Gasteiger partial charge in [-0.05, 0) is 12.1 Å². The Labute approximate surface area is 118 Å². The fourth-order valence-electron chi connectivity index (χ4n) is 2.40. The second kappa shape index (κ2) is 4.41. The molecule has 2 aromatic heterocycles. The van der Waals surface area contributed by atoms with Crippen LogP contribution in [0, 0.1) is 5.82 Å². The van der Waals surface area contributed by atoms with Crippen molar-refractivity contribution in [3.05, 3.63) is 50.9 Å². The van der Waals surface area contributed by atoms with E-state index in [0.717, 1.165) is 4.57 Å². The van der Waals surface area contributed by atoms with Crippen molar-refractivity contribution in [2.75, 3.05) is 0 Å². The molecule has 3 rings (SSSR count). The molecule has 0 atom stereocenters. The second-order valence-corrected chi connectivity index (χ2v) is 4.88. The highest BCUT2D eigenvalue weighted by Gasteiger charge is 2.17. The van der Waals surface area contributed by atoms with Crippen molar-refractivity contribution in [1.29, 1.82) is 0 Å². The summed E-state index contributed by atoms with van der Waals surface area (Å²) in [6, 6.07) is 5.94. The van der Waals surface area contributed by atoms with E-state index in [1.165, 1.54) is 23.7 Å². The third-order valence-electron chi connectivity index (χ3n) is 3.56. The molecule has 0 amide bonds. The van der Waals surface area contributed by atoms with Gasteiger partial charge in [-0.2, -0.15) is 0 Å². The third-order valence-corrected chi connectivity index (χ3v) is 3.56. The maximum Gasteiger partial charge on any atom is 0.332 e. The lowest BCUT2D eigenvalue weighted by atomic mass is 10.2. The molecule has 0 bridgehead atoms. The van der Waals surface area contributed by atoms with Crippen molar-refractivity contribution < 1.29 is 4.39 Å². The standard InChI is InChI=1S/C14H13FN4O2/c1-17-10-12(18(2)14(21)19(3)13(10)20)16-11(17)8-5-4-6-9(15)7-8/h4-7H,1-3H3. The van der Waals surface area contributed by atoms with Crippen LogP contribution in [-0.2, 0) is 21.1 Å². The third kappa shape index (κ3) is 1.81. The van der Waals surface area contributed by atoms with Gasteiger partial charge in [0.05, 0.1) is 0 Å². The summed E-state index contributed by atoms with van der Waals surface area (Å²) >= 11 is 0. The van der Waals surface area contributed by atoms with Crippen molar-refractivity contribution in [2.24, 2.45) is 21.1 Å². The van der Waals surface area contributed by atoms with Crippen LogP contribution in [0.1, 0.15) is 0 Å². The quantitative estimate of drug-likeness (QED) is 0.664. The fraction of sp³-hybridized carbons (Fsp3) is 0.214. The highest BCUT2D eigenvalue weighted by molar-refractivity contribution is 5.76. The van der Waals surface area contributed by atoms with Gasteiger partial charge in [0.15, 0.2) is 11.2 Å². The summed E-state index contributed by atoms with van der Waals surface area (Å²) in [7, 11) is 4.63. The SMILES string of the molecule is Cn1c(=O)c2c(nc(-c3cccc(F)c3)n2C)n(C)c1=O. The Balaban J connectivity index is 2.46. The zero-order valence-electron chi connectivity index (χ0n) is 11.8. The Morgan fingerprint density at radius 2 is 1.76 bits per heavy atom. The van der Waals surface area contributed by atoms with E-state index in [9.17, 15) is 14.0 Å². The molecule has 0 radical (unpaired) electrons. The average molecular weight is 288 g/mol. The molecule has 0 fully saturated rings. The molecule has 7 heteroatoms. The lowest BCUT2D eigenvalue weighted by Gasteiger charge is -2.03. The van der Waals surface area contributed by atoms with E-state index in [-0.39, 0.29) is 11.5 Å². The molecular formula is C14H13FN4O2. The number of hydrogen-bond acceptors (Lipinski definition) is 3. The zero-order chi connectivity index (χ0) is 15.3. The summed E-state index contributed by atoms with van der Waals surface area (Å²) in [6.07, 6.45) is 0. The molecule has 0 aliphatic carbocycles. The molecule has 0 aliphatic rings. The normalized spacial score (nSPS) is 11.2. The van der Waals surface area contributed by atoms with Crippen LogP contribution in [0.15, 0.2) is 33.9 Å². The Hall–Kier alpha value is -2.70. The first-order chi connectivity index (χ1) is 9.91. The van der Waals surface area contributed by atoms with Crippen LogP contribution in [-0.4, -0.2) is 18.7 Å². The van der Waals surface area contributed by atoms with E-state index in [4.69, 9.17) is 0 Å². The minimum absolute atomic E-state index is 0.282. The maximum atomic E-state index is 13.4. The van der Waals surface area contributed by atoms with Gasteiger partial charge >= 0.3 is 5.69 Å². The van der Waals surface area contributed by atoms with Crippen molar-refractivity contribution in [3.8, 4) is 11.4 Å². The van der Waals surface area contributed by atoms with Crippen molar-refractivity contribution in [2.45, 2.75) is 0 Å². The summed E-state index contributed by atoms with van der Waals surface area (Å²) in [4.78, 5) is 28.5. The Kier molecular flexibility index (Phi) is 2.79. The van der Waals surface area contributed by atoms with E-state index in [1.54, 1.807) is 30.8 Å². The van der Waals surface area contributed by atoms with E-state index in [0.29, 0.717) is 16.9 Å². The molecule has 0 spiro atoms. The Morgan fingerprint density at radius 3 is 2.43 bits per heavy atom. The van der Waals surface area contributed by atoms with Crippen LogP contribution in [0.3, 0.4) is 0 Å². The molecule has 0 saturated heterocycles. The second-order valence-electron chi connectivity index (χ2n) is 4.88. The number of rotatable bonds is 1. The molecule has 1 aromatic carbocycles. The van der Waals surface area contributed by atoms with E-state index in [2.05, 4.69) is 4.98 Å². The molecular weight excluding hydrogens is 275 g/mol. The number of aryl methyl sites for hydroxylation is 2. The molecule has 2 heterocycles. The van der Waals surface area contributed by atoms with Crippen LogP contribution in [0.25, 0.3) is 22.6 Å². The molecule has 0 aliphatic heterocycles. The summed E-state index contributed by atoms with van der Waals surface area (Å²) in [5, 5.41) is 0. The first-order valence-corrected chi connectivity index (χ1v) is 6.30. The topological polar surface area (TPSA) is 61.8 Å². The molecule has 0 unspecified atom stereocenters.